The number of benzene rings is 1. The Balaban J connectivity index is 2.64. The van der Waals surface area contributed by atoms with Crippen molar-refractivity contribution in [2.75, 3.05) is 25.2 Å². The third-order valence-electron chi connectivity index (χ3n) is 3.15. The van der Waals surface area contributed by atoms with Crippen LogP contribution in [-0.4, -0.2) is 55.2 Å². The molecule has 0 aromatic heterocycles. The topological polar surface area (TPSA) is 84.5 Å². The van der Waals surface area contributed by atoms with Gasteiger partial charge in [-0.1, -0.05) is 23.7 Å². The highest BCUT2D eigenvalue weighted by atomic mass is 35.5. The van der Waals surface area contributed by atoms with Gasteiger partial charge in [0.05, 0.1) is 10.6 Å². The van der Waals surface area contributed by atoms with Crippen molar-refractivity contribution < 1.29 is 32.3 Å². The van der Waals surface area contributed by atoms with Gasteiger partial charge < -0.3 is 15.4 Å². The number of amides is 2. The van der Waals surface area contributed by atoms with E-state index < -0.39 is 43.2 Å². The van der Waals surface area contributed by atoms with Crippen LogP contribution in [0.5, 0.6) is 0 Å². The van der Waals surface area contributed by atoms with Crippen molar-refractivity contribution >= 4 is 41.1 Å². The zero-order valence-corrected chi connectivity index (χ0v) is 15.8. The van der Waals surface area contributed by atoms with E-state index in [-0.39, 0.29) is 17.0 Å². The van der Waals surface area contributed by atoms with Crippen LogP contribution in [0.4, 0.5) is 13.2 Å². The quantitative estimate of drug-likeness (QED) is 0.592. The number of rotatable bonds is 9. The SMILES string of the molecule is CSCCC(NC(=O)c1ccccc1Cl)C(=O)OCC(=O)NCC(F)(F)F. The Morgan fingerprint density at radius 2 is 1.93 bits per heavy atom. The third-order valence-corrected chi connectivity index (χ3v) is 4.12. The fourth-order valence-electron chi connectivity index (χ4n) is 1.85. The van der Waals surface area contributed by atoms with Gasteiger partial charge in [0.25, 0.3) is 11.8 Å². The molecule has 0 radical (unpaired) electrons. The van der Waals surface area contributed by atoms with Gasteiger partial charge in [0.2, 0.25) is 0 Å². The predicted molar refractivity (Wildman–Crippen MR) is 95.7 cm³/mol. The van der Waals surface area contributed by atoms with Crippen LogP contribution in [0.25, 0.3) is 0 Å². The van der Waals surface area contributed by atoms with Crippen molar-refractivity contribution in [2.24, 2.45) is 0 Å². The lowest BCUT2D eigenvalue weighted by molar-refractivity contribution is -0.152. The molecule has 0 aliphatic carbocycles. The maximum absolute atomic E-state index is 12.3. The predicted octanol–water partition coefficient (Wildman–Crippen LogP) is 2.41. The van der Waals surface area contributed by atoms with Gasteiger partial charge in [0.15, 0.2) is 6.61 Å². The first kappa shape index (κ1) is 23.1. The van der Waals surface area contributed by atoms with Crippen LogP contribution >= 0.6 is 23.4 Å². The van der Waals surface area contributed by atoms with Crippen LogP contribution in [0, 0.1) is 0 Å². The summed E-state index contributed by atoms with van der Waals surface area (Å²) in [7, 11) is 0. The second-order valence-corrected chi connectivity index (χ2v) is 6.68. The van der Waals surface area contributed by atoms with E-state index in [4.69, 9.17) is 16.3 Å². The van der Waals surface area contributed by atoms with E-state index in [0.29, 0.717) is 5.75 Å². The molecule has 6 nitrogen and oxygen atoms in total. The molecule has 1 aromatic rings. The average molecular weight is 427 g/mol. The number of halogens is 4. The summed E-state index contributed by atoms with van der Waals surface area (Å²) in [5.41, 5.74) is 0.157. The van der Waals surface area contributed by atoms with E-state index in [1.54, 1.807) is 23.7 Å². The second-order valence-electron chi connectivity index (χ2n) is 5.29. The maximum atomic E-state index is 12.3. The summed E-state index contributed by atoms with van der Waals surface area (Å²) in [6.45, 7) is -2.41. The highest BCUT2D eigenvalue weighted by molar-refractivity contribution is 7.98. The summed E-state index contributed by atoms with van der Waals surface area (Å²) >= 11 is 7.35. The fourth-order valence-corrected chi connectivity index (χ4v) is 2.55. The molecule has 2 amide bonds. The lowest BCUT2D eigenvalue weighted by Gasteiger charge is -2.18. The molecule has 2 N–H and O–H groups in total. The summed E-state index contributed by atoms with van der Waals surface area (Å²) < 4.78 is 40.8. The summed E-state index contributed by atoms with van der Waals surface area (Å²) in [5.74, 6) is -2.12. The summed E-state index contributed by atoms with van der Waals surface area (Å²) in [6, 6.07) is 5.14. The largest absolute Gasteiger partial charge is 0.454 e. The van der Waals surface area contributed by atoms with Crippen LogP contribution in [0.2, 0.25) is 5.02 Å². The van der Waals surface area contributed by atoms with E-state index in [1.165, 1.54) is 23.9 Å². The van der Waals surface area contributed by atoms with E-state index in [0.717, 1.165) is 0 Å². The Morgan fingerprint density at radius 1 is 1.26 bits per heavy atom. The summed E-state index contributed by atoms with van der Waals surface area (Å²) in [4.78, 5) is 35.7. The summed E-state index contributed by atoms with van der Waals surface area (Å²) in [5, 5.41) is 4.24. The molecule has 0 fully saturated rings. The molecule has 27 heavy (non-hydrogen) atoms. The van der Waals surface area contributed by atoms with Gasteiger partial charge in [-0.25, -0.2) is 4.79 Å². The van der Waals surface area contributed by atoms with Gasteiger partial charge in [0.1, 0.15) is 12.6 Å². The number of nitrogens with one attached hydrogen (secondary N) is 2. The van der Waals surface area contributed by atoms with Crippen molar-refractivity contribution in [3.63, 3.8) is 0 Å². The van der Waals surface area contributed by atoms with Gasteiger partial charge in [-0.2, -0.15) is 24.9 Å². The molecule has 0 saturated heterocycles. The number of carbonyl (C=O) groups excluding carboxylic acids is 3. The van der Waals surface area contributed by atoms with Crippen molar-refractivity contribution in [2.45, 2.75) is 18.6 Å². The Kier molecular flexibility index (Phi) is 9.44. The Hall–Kier alpha value is -1.94. The average Bonchev–Trinajstić information content (AvgIpc) is 2.60. The number of alkyl halides is 3. The smallest absolute Gasteiger partial charge is 0.405 e. The number of hydrogen-bond acceptors (Lipinski definition) is 5. The molecular formula is C16H18ClF3N2O4S. The van der Waals surface area contributed by atoms with Gasteiger partial charge in [0, 0.05) is 0 Å². The number of hydrogen-bond donors (Lipinski definition) is 2. The van der Waals surface area contributed by atoms with Crippen molar-refractivity contribution in [1.82, 2.24) is 10.6 Å². The first-order valence-corrected chi connectivity index (χ1v) is 9.45. The molecule has 11 heteroatoms. The minimum Gasteiger partial charge on any atom is -0.454 e. The highest BCUT2D eigenvalue weighted by Gasteiger charge is 2.28. The molecule has 0 aliphatic rings. The number of thioether (sulfide) groups is 1. The molecule has 1 rings (SSSR count). The van der Waals surface area contributed by atoms with Crippen LogP contribution < -0.4 is 10.6 Å². The maximum Gasteiger partial charge on any atom is 0.405 e. The van der Waals surface area contributed by atoms with Crippen LogP contribution in [0.1, 0.15) is 16.8 Å². The van der Waals surface area contributed by atoms with Gasteiger partial charge in [-0.15, -0.1) is 0 Å². The lowest BCUT2D eigenvalue weighted by atomic mass is 10.1. The summed E-state index contributed by atoms with van der Waals surface area (Å²) in [6.07, 6.45) is -2.56. The lowest BCUT2D eigenvalue weighted by Crippen LogP contribution is -2.44. The van der Waals surface area contributed by atoms with Gasteiger partial charge in [-0.3, -0.25) is 9.59 Å². The van der Waals surface area contributed by atoms with E-state index in [9.17, 15) is 27.6 Å². The Morgan fingerprint density at radius 3 is 2.52 bits per heavy atom. The van der Waals surface area contributed by atoms with E-state index in [2.05, 4.69) is 5.32 Å². The molecular weight excluding hydrogens is 409 g/mol. The first-order chi connectivity index (χ1) is 12.6. The van der Waals surface area contributed by atoms with E-state index in [1.807, 2.05) is 0 Å². The number of ether oxygens (including phenoxy) is 1. The number of esters is 1. The zero-order valence-electron chi connectivity index (χ0n) is 14.3. The first-order valence-electron chi connectivity index (χ1n) is 7.68. The molecule has 1 unspecified atom stereocenters. The molecule has 0 aliphatic heterocycles. The zero-order chi connectivity index (χ0) is 20.4. The third kappa shape index (κ3) is 9.00. The Labute approximate surface area is 163 Å². The van der Waals surface area contributed by atoms with Gasteiger partial charge >= 0.3 is 12.1 Å². The fraction of sp³-hybridized carbons (Fsp3) is 0.438. The molecule has 0 bridgehead atoms. The molecule has 150 valence electrons. The van der Waals surface area contributed by atoms with Crippen molar-refractivity contribution in [1.29, 1.82) is 0 Å². The van der Waals surface area contributed by atoms with Gasteiger partial charge in [-0.05, 0) is 30.6 Å². The molecule has 0 saturated carbocycles. The van der Waals surface area contributed by atoms with Crippen molar-refractivity contribution in [3.8, 4) is 0 Å². The van der Waals surface area contributed by atoms with Crippen molar-refractivity contribution in [3.05, 3.63) is 34.9 Å². The minimum absolute atomic E-state index is 0.157. The monoisotopic (exact) mass is 426 g/mol. The normalized spacial score (nSPS) is 12.2. The van der Waals surface area contributed by atoms with E-state index >= 15 is 0 Å². The van der Waals surface area contributed by atoms with Crippen LogP contribution in [0.3, 0.4) is 0 Å². The number of carbonyl (C=O) groups is 3. The minimum atomic E-state index is -4.57. The second kappa shape index (κ2) is 11.0. The van der Waals surface area contributed by atoms with Crippen LogP contribution in [-0.2, 0) is 14.3 Å². The molecule has 1 atom stereocenters. The standard InChI is InChI=1S/C16H18ClF3N2O4S/c1-27-7-6-12(22-14(24)10-4-2-3-5-11(10)17)15(25)26-8-13(23)21-9-16(18,19)20/h2-5,12H,6-9H2,1H3,(H,21,23)(H,22,24). The molecule has 1 aromatic carbocycles. The molecule has 0 heterocycles. The van der Waals surface area contributed by atoms with Crippen LogP contribution in [0.15, 0.2) is 24.3 Å². The highest BCUT2D eigenvalue weighted by Crippen LogP contribution is 2.15. The Bertz CT molecular complexity index is 673. The molecule has 0 spiro atoms.